The van der Waals surface area contributed by atoms with E-state index in [9.17, 15) is 15.0 Å². The van der Waals surface area contributed by atoms with Crippen LogP contribution in [0.1, 0.15) is 40.0 Å². The molecule has 3 saturated carbocycles. The fraction of sp³-hybridized carbons (Fsp3) is 0.933. The Morgan fingerprint density at radius 3 is 2.63 bits per heavy atom. The lowest BCUT2D eigenvalue weighted by Crippen LogP contribution is -2.58. The smallest absolute Gasteiger partial charge is 0.315 e. The Morgan fingerprint density at radius 1 is 1.26 bits per heavy atom. The zero-order chi connectivity index (χ0) is 13.8. The highest BCUT2D eigenvalue weighted by Gasteiger charge is 2.90. The van der Waals surface area contributed by atoms with Crippen molar-refractivity contribution in [1.82, 2.24) is 0 Å². The molecule has 4 heteroatoms. The molecule has 0 aromatic carbocycles. The average Bonchev–Trinajstić information content (AvgIpc) is 2.80. The molecular weight excluding hydrogens is 244 g/mol. The van der Waals surface area contributed by atoms with E-state index in [-0.39, 0.29) is 29.8 Å². The number of hydrogen-bond acceptors (Lipinski definition) is 4. The van der Waals surface area contributed by atoms with Crippen LogP contribution < -0.4 is 0 Å². The summed E-state index contributed by atoms with van der Waals surface area (Å²) in [4.78, 5) is 12.2. The molecule has 0 radical (unpaired) electrons. The molecule has 2 unspecified atom stereocenters. The molecular formula is C15H22O4. The van der Waals surface area contributed by atoms with Crippen molar-refractivity contribution in [1.29, 1.82) is 0 Å². The Hall–Kier alpha value is -0.610. The van der Waals surface area contributed by atoms with Gasteiger partial charge >= 0.3 is 5.97 Å². The molecule has 106 valence electrons. The number of cyclic esters (lactones) is 1. The van der Waals surface area contributed by atoms with Crippen LogP contribution >= 0.6 is 0 Å². The third-order valence-electron chi connectivity index (χ3n) is 6.75. The van der Waals surface area contributed by atoms with Crippen molar-refractivity contribution in [2.24, 2.45) is 28.1 Å². The number of ether oxygens (including phenoxy) is 1. The molecule has 1 saturated heterocycles. The van der Waals surface area contributed by atoms with Gasteiger partial charge in [0.05, 0.1) is 17.1 Å². The number of hydrogen-bond donors (Lipinski definition) is 2. The van der Waals surface area contributed by atoms with Crippen molar-refractivity contribution in [2.45, 2.75) is 51.7 Å². The number of aliphatic hydroxyl groups excluding tert-OH is 1. The van der Waals surface area contributed by atoms with Crippen LogP contribution in [-0.4, -0.2) is 34.5 Å². The minimum absolute atomic E-state index is 0.00113. The van der Waals surface area contributed by atoms with Gasteiger partial charge in [-0.1, -0.05) is 13.8 Å². The summed E-state index contributed by atoms with van der Waals surface area (Å²) in [7, 11) is 0. The van der Waals surface area contributed by atoms with Gasteiger partial charge in [-0.15, -0.1) is 0 Å². The summed E-state index contributed by atoms with van der Waals surface area (Å²) < 4.78 is 5.21. The van der Waals surface area contributed by atoms with Crippen LogP contribution in [-0.2, 0) is 9.53 Å². The Bertz CT molecular complexity index is 483. The Kier molecular flexibility index (Phi) is 1.83. The lowest BCUT2D eigenvalue weighted by molar-refractivity contribution is -0.172. The molecule has 0 aromatic rings. The van der Waals surface area contributed by atoms with Crippen LogP contribution in [0.5, 0.6) is 0 Å². The van der Waals surface area contributed by atoms with Crippen molar-refractivity contribution in [3.63, 3.8) is 0 Å². The Labute approximate surface area is 113 Å². The molecule has 4 nitrogen and oxygen atoms in total. The normalized spacial score (nSPS) is 61.1. The number of carbonyl (C=O) groups excluding carboxylic acids is 1. The molecule has 0 aromatic heterocycles. The van der Waals surface area contributed by atoms with Gasteiger partial charge in [0.1, 0.15) is 12.0 Å². The maximum atomic E-state index is 12.2. The first-order valence-corrected chi connectivity index (χ1v) is 7.26. The van der Waals surface area contributed by atoms with Gasteiger partial charge in [0.2, 0.25) is 0 Å². The monoisotopic (exact) mass is 266 g/mol. The van der Waals surface area contributed by atoms with E-state index < -0.39 is 22.5 Å². The minimum atomic E-state index is -1.04. The molecule has 4 rings (SSSR count). The SMILES string of the molecule is CC1(C)C[C@H]2[C@H](O)C34COC(=O)C3(C4)[C@@](C)(O)[C@H]2C1. The second-order valence-corrected chi connectivity index (χ2v) is 8.25. The lowest BCUT2D eigenvalue weighted by atomic mass is 9.60. The highest BCUT2D eigenvalue weighted by atomic mass is 16.5. The Balaban J connectivity index is 1.85. The van der Waals surface area contributed by atoms with Gasteiger partial charge < -0.3 is 14.9 Å². The maximum absolute atomic E-state index is 12.2. The molecule has 0 bridgehead atoms. The van der Waals surface area contributed by atoms with Gasteiger partial charge in [0, 0.05) is 0 Å². The molecule has 4 aliphatic rings. The summed E-state index contributed by atoms with van der Waals surface area (Å²) in [5.74, 6) is -0.200. The van der Waals surface area contributed by atoms with Crippen molar-refractivity contribution in [3.05, 3.63) is 0 Å². The van der Waals surface area contributed by atoms with E-state index in [1.807, 2.05) is 0 Å². The van der Waals surface area contributed by atoms with Gasteiger partial charge in [-0.25, -0.2) is 0 Å². The average molecular weight is 266 g/mol. The third kappa shape index (κ3) is 1.03. The first-order chi connectivity index (χ1) is 8.68. The van der Waals surface area contributed by atoms with Crippen molar-refractivity contribution in [3.8, 4) is 0 Å². The second-order valence-electron chi connectivity index (χ2n) is 8.25. The largest absolute Gasteiger partial charge is 0.464 e. The summed E-state index contributed by atoms with van der Waals surface area (Å²) in [6.07, 6.45) is 1.87. The zero-order valence-electron chi connectivity index (χ0n) is 11.8. The van der Waals surface area contributed by atoms with Crippen LogP contribution in [0.4, 0.5) is 0 Å². The fourth-order valence-corrected chi connectivity index (χ4v) is 5.81. The highest BCUT2D eigenvalue weighted by molar-refractivity contribution is 5.87. The first kappa shape index (κ1) is 12.2. The van der Waals surface area contributed by atoms with E-state index in [0.717, 1.165) is 12.8 Å². The van der Waals surface area contributed by atoms with Crippen molar-refractivity contribution >= 4 is 5.97 Å². The first-order valence-electron chi connectivity index (χ1n) is 7.26. The third-order valence-corrected chi connectivity index (χ3v) is 6.75. The standard InChI is InChI=1S/C15H22O4/c1-12(2)4-8-9(5-12)13(3,18)15-6-14(15,10(8)16)7-19-11(15)17/h8-10,16,18H,4-7H2,1-3H3/t8-,9+,10+,13+,14?,15?/m1/s1. The quantitative estimate of drug-likeness (QED) is 0.644. The summed E-state index contributed by atoms with van der Waals surface area (Å²) in [5, 5.41) is 21.9. The molecule has 0 amide bonds. The van der Waals surface area contributed by atoms with Crippen molar-refractivity contribution < 1.29 is 19.7 Å². The molecule has 6 atom stereocenters. The van der Waals surface area contributed by atoms with E-state index in [2.05, 4.69) is 13.8 Å². The van der Waals surface area contributed by atoms with E-state index in [0.29, 0.717) is 6.42 Å². The zero-order valence-corrected chi connectivity index (χ0v) is 11.8. The molecule has 1 aliphatic heterocycles. The minimum Gasteiger partial charge on any atom is -0.464 e. The van der Waals surface area contributed by atoms with E-state index >= 15 is 0 Å². The van der Waals surface area contributed by atoms with E-state index in [1.54, 1.807) is 6.92 Å². The maximum Gasteiger partial charge on any atom is 0.315 e. The van der Waals surface area contributed by atoms with Gasteiger partial charge in [-0.2, -0.15) is 0 Å². The van der Waals surface area contributed by atoms with E-state index in [1.165, 1.54) is 0 Å². The molecule has 3 aliphatic carbocycles. The summed E-state index contributed by atoms with van der Waals surface area (Å²) in [5.41, 5.74) is -2.25. The summed E-state index contributed by atoms with van der Waals surface area (Å²) >= 11 is 0. The summed E-state index contributed by atoms with van der Waals surface area (Å²) in [6, 6.07) is 0. The molecule has 19 heavy (non-hydrogen) atoms. The Morgan fingerprint density at radius 2 is 1.95 bits per heavy atom. The predicted molar refractivity (Wildman–Crippen MR) is 67.1 cm³/mol. The van der Waals surface area contributed by atoms with E-state index in [4.69, 9.17) is 4.74 Å². The van der Waals surface area contributed by atoms with Crippen LogP contribution in [0.3, 0.4) is 0 Å². The lowest BCUT2D eigenvalue weighted by Gasteiger charge is -2.47. The van der Waals surface area contributed by atoms with Crippen molar-refractivity contribution in [2.75, 3.05) is 6.61 Å². The second kappa shape index (κ2) is 2.86. The van der Waals surface area contributed by atoms with Crippen LogP contribution in [0.15, 0.2) is 0 Å². The molecule has 1 heterocycles. The number of aliphatic hydroxyl groups is 2. The number of carbonyl (C=O) groups is 1. The van der Waals surface area contributed by atoms with Crippen LogP contribution in [0.25, 0.3) is 0 Å². The predicted octanol–water partition coefficient (Wildman–Crippen LogP) is 1.10. The van der Waals surface area contributed by atoms with Gasteiger partial charge in [0.15, 0.2) is 0 Å². The molecule has 2 N–H and O–H groups in total. The van der Waals surface area contributed by atoms with Gasteiger partial charge in [-0.05, 0) is 43.4 Å². The number of rotatable bonds is 0. The fourth-order valence-electron chi connectivity index (χ4n) is 5.81. The number of esters is 1. The molecule has 0 spiro atoms. The van der Waals surface area contributed by atoms with Gasteiger partial charge in [0.25, 0.3) is 0 Å². The van der Waals surface area contributed by atoms with Gasteiger partial charge in [-0.3, -0.25) is 4.79 Å². The summed E-state index contributed by atoms with van der Waals surface area (Å²) in [6.45, 7) is 6.45. The van der Waals surface area contributed by atoms with Crippen LogP contribution in [0.2, 0.25) is 0 Å². The molecule has 4 fully saturated rings. The number of fused-ring (bicyclic) bond motifs is 1. The highest BCUT2D eigenvalue weighted by Crippen LogP contribution is 2.81. The topological polar surface area (TPSA) is 66.8 Å². The van der Waals surface area contributed by atoms with Crippen LogP contribution in [0, 0.1) is 28.1 Å².